The summed E-state index contributed by atoms with van der Waals surface area (Å²) in [5.41, 5.74) is 28.3. The number of amides is 2. The third-order valence-electron chi connectivity index (χ3n) is 13.2. The molecule has 0 aliphatic rings. The summed E-state index contributed by atoms with van der Waals surface area (Å²) >= 11 is 0. The molecule has 2 aromatic heterocycles. The van der Waals surface area contributed by atoms with Crippen LogP contribution < -0.4 is 83.2 Å². The third-order valence-corrected chi connectivity index (χ3v) is 13.2. The van der Waals surface area contributed by atoms with Crippen LogP contribution in [0.5, 0.6) is 0 Å². The Hall–Kier alpha value is -6.79. The van der Waals surface area contributed by atoms with Gasteiger partial charge in [-0.25, -0.2) is 23.1 Å². The predicted molar refractivity (Wildman–Crippen MR) is 291 cm³/mol. The van der Waals surface area contributed by atoms with Gasteiger partial charge in [-0.3, -0.25) is 9.59 Å². The first kappa shape index (κ1) is 66.5. The molecule has 0 aliphatic heterocycles. The van der Waals surface area contributed by atoms with Crippen molar-refractivity contribution in [1.29, 1.82) is 0 Å². The van der Waals surface area contributed by atoms with E-state index in [1.807, 2.05) is 53.1 Å². The molecule has 19 heteroatoms. The molecule has 2 amide bonds. The second kappa shape index (κ2) is 31.1. The largest absolute Gasteiger partial charge is 1.00 e. The van der Waals surface area contributed by atoms with Gasteiger partial charge in [-0.1, -0.05) is 104 Å². The lowest BCUT2D eigenvalue weighted by Gasteiger charge is -2.14. The van der Waals surface area contributed by atoms with Gasteiger partial charge >= 0.3 is 0 Å². The quantitative estimate of drug-likeness (QED) is 0.0503. The number of quaternary nitrogens is 4. The summed E-state index contributed by atoms with van der Waals surface area (Å²) in [6, 6.07) is 45.4. The molecule has 9 rings (SSSR count). The van der Waals surface area contributed by atoms with Gasteiger partial charge < -0.3 is 92.3 Å². The number of nitrogens with zero attached hydrogens (tertiary/aromatic N) is 4. The topological polar surface area (TPSA) is 204 Å². The fourth-order valence-corrected chi connectivity index (χ4v) is 8.99. The summed E-state index contributed by atoms with van der Waals surface area (Å²) in [5, 5.41) is 5.98. The van der Waals surface area contributed by atoms with Crippen molar-refractivity contribution in [3.05, 3.63) is 192 Å². The zero-order valence-corrected chi connectivity index (χ0v) is 46.6. The number of aromatic nitrogens is 4. The van der Waals surface area contributed by atoms with Gasteiger partial charge in [0.2, 0.25) is 0 Å². The van der Waals surface area contributed by atoms with Crippen LogP contribution in [-0.2, 0) is 13.6 Å². The first-order chi connectivity index (χ1) is 35.8. The highest BCUT2D eigenvalue weighted by atomic mass is 35.5. The molecular weight excluding hydrogens is 1090 g/mol. The van der Waals surface area contributed by atoms with E-state index in [1.54, 1.807) is 48.0 Å². The highest BCUT2D eigenvalue weighted by Gasteiger charge is 2.23. The number of fused-ring (bicyclic) bond motifs is 2. The molecule has 0 aliphatic carbocycles. The molecule has 79 heavy (non-hydrogen) atoms. The minimum Gasteiger partial charge on any atom is -1.00 e. The highest BCUT2D eigenvalue weighted by molar-refractivity contribution is 6.00. The van der Waals surface area contributed by atoms with E-state index < -0.39 is 0 Å². The summed E-state index contributed by atoms with van der Waals surface area (Å²) in [7, 11) is 1.79. The average molecular weight is 1160 g/mol. The Balaban J connectivity index is 0.000000395. The Kier molecular flexibility index (Phi) is 26.2. The van der Waals surface area contributed by atoms with E-state index >= 15 is 0 Å². The zero-order valence-electron chi connectivity index (χ0n) is 43.5. The molecule has 7 aromatic carbocycles. The maximum atomic E-state index is 13.8. The first-order valence-electron chi connectivity index (χ1n) is 25.0. The van der Waals surface area contributed by atoms with Crippen LogP contribution in [0.25, 0.3) is 66.6 Å². The SMILES string of the molecule is C.Cc1ccc(-c2cc3c(cc2-c2ccc(F)cc2)nc(C(=O)NC[C@@H]([NH3+])CCC[NH3+])n3Cc2ccccc2)cc1.Cn1c(C(=O)NC[C@@H]([NH3+])CCC[NH3+])nc2cc(-c3ccc(F)cc3)c(-c3ccc(F)cc3)cc21.[Cl-].[Cl-].[Cl-].[Cl-]. The van der Waals surface area contributed by atoms with Crippen LogP contribution >= 0.6 is 0 Å². The van der Waals surface area contributed by atoms with Gasteiger partial charge in [0.15, 0.2) is 11.6 Å². The third kappa shape index (κ3) is 16.6. The first-order valence-corrected chi connectivity index (χ1v) is 25.0. The number of halogens is 7. The van der Waals surface area contributed by atoms with Crippen molar-refractivity contribution < 1.29 is 95.3 Å². The summed E-state index contributed by atoms with van der Waals surface area (Å²) < 4.78 is 44.7. The molecule has 420 valence electrons. The highest BCUT2D eigenvalue weighted by Crippen LogP contribution is 2.38. The van der Waals surface area contributed by atoms with E-state index in [4.69, 9.17) is 4.98 Å². The van der Waals surface area contributed by atoms with E-state index in [0.717, 1.165) is 99.9 Å². The number of carbonyl (C=O) groups is 2. The van der Waals surface area contributed by atoms with Crippen molar-refractivity contribution in [3.63, 3.8) is 0 Å². The van der Waals surface area contributed by atoms with Gasteiger partial charge in [-0.05, 0) is 118 Å². The molecule has 12 nitrogen and oxygen atoms in total. The lowest BCUT2D eigenvalue weighted by atomic mass is 9.93. The van der Waals surface area contributed by atoms with Crippen LogP contribution in [0.15, 0.2) is 152 Å². The average Bonchev–Trinajstić information content (AvgIpc) is 3.94. The molecule has 2 heterocycles. The standard InChI is InChI=1S/C33H34FN5O.C26H27F2N5O.CH4.4ClH/c1-22-9-11-24(12-10-22)29-19-31-30(18-28(29)25-13-15-26(34)16-14-25)38-32(33(40)37-20-27(36)8-5-17-35)39(31)21-23-6-3-2-4-7-23;1-33-24-14-22(17-6-10-19(28)11-7-17)21(16-4-8-18(27)9-5-16)13-23(24)32-25(33)26(34)31-15-20(30)3-2-12-29;;;;;/h2-4,6-7,9-16,18-19,27H,5,8,17,20-21,35-36H2,1H3,(H,37,40);4-11,13-14,20H,2-3,12,15,29-30H2,1H3,(H,31,34);1H4;4*1H/t27-;20-;;;;;/m00...../s1. The molecular formula is C60H69Cl4F3N10O2. The molecule has 2 atom stereocenters. The van der Waals surface area contributed by atoms with Gasteiger partial charge in [0.1, 0.15) is 29.5 Å². The number of imidazole rings is 2. The van der Waals surface area contributed by atoms with Crippen molar-refractivity contribution in [2.45, 2.75) is 58.7 Å². The van der Waals surface area contributed by atoms with Crippen LogP contribution in [0.4, 0.5) is 13.2 Å². The van der Waals surface area contributed by atoms with Gasteiger partial charge in [0.05, 0.1) is 48.2 Å². The molecule has 0 saturated carbocycles. The number of rotatable bonds is 18. The normalized spacial score (nSPS) is 11.3. The minimum absolute atomic E-state index is 0. The number of hydrogen-bond acceptors (Lipinski definition) is 4. The molecule has 0 saturated heterocycles. The molecule has 0 unspecified atom stereocenters. The molecule has 0 spiro atoms. The van der Waals surface area contributed by atoms with Gasteiger partial charge in [-0.2, -0.15) is 0 Å². The predicted octanol–water partition coefficient (Wildman–Crippen LogP) is -4.57. The number of carbonyl (C=O) groups excluding carboxylic acids is 2. The van der Waals surface area contributed by atoms with Crippen LogP contribution in [0.1, 0.15) is 65.5 Å². The maximum Gasteiger partial charge on any atom is 0.287 e. The van der Waals surface area contributed by atoms with Crippen LogP contribution in [-0.4, -0.2) is 69.2 Å². The monoisotopic (exact) mass is 1160 g/mol. The zero-order chi connectivity index (χ0) is 52.3. The van der Waals surface area contributed by atoms with Gasteiger partial charge in [-0.15, -0.1) is 0 Å². The Labute approximate surface area is 484 Å². The Bertz CT molecular complexity index is 3370. The molecule has 0 bridgehead atoms. The lowest BCUT2D eigenvalue weighted by molar-refractivity contribution is -0.423. The second-order valence-corrected chi connectivity index (χ2v) is 18.8. The number of aryl methyl sites for hydroxylation is 2. The van der Waals surface area contributed by atoms with Crippen LogP contribution in [0.3, 0.4) is 0 Å². The van der Waals surface area contributed by atoms with Crippen molar-refractivity contribution in [1.82, 2.24) is 29.7 Å². The van der Waals surface area contributed by atoms with Crippen molar-refractivity contribution >= 4 is 33.9 Å². The van der Waals surface area contributed by atoms with Crippen molar-refractivity contribution in [3.8, 4) is 44.5 Å². The number of nitrogens with one attached hydrogen (secondary N) is 2. The fraction of sp³-hybridized carbons (Fsp3) is 0.233. The molecule has 0 fully saturated rings. The maximum absolute atomic E-state index is 13.8. The van der Waals surface area contributed by atoms with E-state index in [2.05, 4.69) is 75.8 Å². The molecule has 9 aromatic rings. The second-order valence-electron chi connectivity index (χ2n) is 18.8. The van der Waals surface area contributed by atoms with E-state index in [9.17, 15) is 22.8 Å². The van der Waals surface area contributed by atoms with Crippen molar-refractivity contribution in [2.75, 3.05) is 26.2 Å². The van der Waals surface area contributed by atoms with Crippen LogP contribution in [0, 0.1) is 24.4 Å². The lowest BCUT2D eigenvalue weighted by Crippen LogP contribution is -3.00. The van der Waals surface area contributed by atoms with E-state index in [1.165, 1.54) is 42.0 Å². The summed E-state index contributed by atoms with van der Waals surface area (Å²) in [5.74, 6) is -0.790. The summed E-state index contributed by atoms with van der Waals surface area (Å²) in [4.78, 5) is 35.8. The summed E-state index contributed by atoms with van der Waals surface area (Å²) in [6.45, 7) is 5.19. The fourth-order valence-electron chi connectivity index (χ4n) is 8.99. The van der Waals surface area contributed by atoms with Crippen LogP contribution in [0.2, 0.25) is 0 Å². The molecule has 0 radical (unpaired) electrons. The number of hydrogen-bond donors (Lipinski definition) is 6. The summed E-state index contributed by atoms with van der Waals surface area (Å²) in [6.07, 6.45) is 3.75. The Morgan fingerprint density at radius 1 is 0.532 bits per heavy atom. The Morgan fingerprint density at radius 2 is 0.899 bits per heavy atom. The smallest absolute Gasteiger partial charge is 0.287 e. The van der Waals surface area contributed by atoms with Crippen molar-refractivity contribution in [2.24, 2.45) is 7.05 Å². The number of benzene rings is 7. The van der Waals surface area contributed by atoms with E-state index in [-0.39, 0.29) is 98.4 Å². The molecule has 14 N–H and O–H groups in total. The minimum atomic E-state index is -0.330. The van der Waals surface area contributed by atoms with E-state index in [0.29, 0.717) is 42.3 Å². The Morgan fingerprint density at radius 3 is 1.33 bits per heavy atom. The van der Waals surface area contributed by atoms with Gasteiger partial charge in [0, 0.05) is 39.3 Å². The van der Waals surface area contributed by atoms with Gasteiger partial charge in [0.25, 0.3) is 11.8 Å².